The van der Waals surface area contributed by atoms with Crippen molar-refractivity contribution in [2.24, 2.45) is 0 Å². The minimum atomic E-state index is -3.58. The molecule has 1 aliphatic rings. The lowest BCUT2D eigenvalue weighted by Crippen LogP contribution is -2.22. The molecule has 1 aromatic rings. The smallest absolute Gasteiger partial charge is 0.238 e. The number of fused-ring (bicyclic) bond motifs is 1. The second-order valence-electron chi connectivity index (χ2n) is 3.57. The molecule has 0 bridgehead atoms. The molecule has 2 rings (SSSR count). The first-order valence-corrected chi connectivity index (χ1v) is 6.95. The second kappa shape index (κ2) is 3.77. The number of methoxy groups -OCH3 is 1. The maximum atomic E-state index is 11.4. The highest BCUT2D eigenvalue weighted by atomic mass is 35.7. The van der Waals surface area contributed by atoms with E-state index in [2.05, 4.69) is 0 Å². The first-order valence-electron chi connectivity index (χ1n) is 4.58. The SMILES string of the molecule is CO[C@@H]1c2ccccc2C[C@H]1S(=O)(=O)Cl. The molecule has 0 N–H and O–H groups in total. The summed E-state index contributed by atoms with van der Waals surface area (Å²) >= 11 is 0. The molecule has 0 saturated heterocycles. The zero-order chi connectivity index (χ0) is 11.1. The van der Waals surface area contributed by atoms with E-state index in [1.807, 2.05) is 24.3 Å². The molecular weight excluding hydrogens is 236 g/mol. The fourth-order valence-electron chi connectivity index (χ4n) is 2.05. The highest BCUT2D eigenvalue weighted by Crippen LogP contribution is 2.38. The number of hydrogen-bond acceptors (Lipinski definition) is 3. The van der Waals surface area contributed by atoms with Crippen LogP contribution < -0.4 is 0 Å². The topological polar surface area (TPSA) is 43.4 Å². The van der Waals surface area contributed by atoms with Crippen LogP contribution in [0.25, 0.3) is 0 Å². The van der Waals surface area contributed by atoms with Crippen molar-refractivity contribution < 1.29 is 13.2 Å². The first-order chi connectivity index (χ1) is 7.04. The van der Waals surface area contributed by atoms with E-state index in [-0.39, 0.29) is 0 Å². The third-order valence-corrected chi connectivity index (χ3v) is 4.56. The van der Waals surface area contributed by atoms with Crippen LogP contribution in [0.1, 0.15) is 17.2 Å². The van der Waals surface area contributed by atoms with Gasteiger partial charge in [0.2, 0.25) is 9.05 Å². The molecule has 2 atom stereocenters. The van der Waals surface area contributed by atoms with Gasteiger partial charge in [-0.15, -0.1) is 0 Å². The maximum absolute atomic E-state index is 11.4. The summed E-state index contributed by atoms with van der Waals surface area (Å²) in [6.45, 7) is 0. The average Bonchev–Trinajstić information content (AvgIpc) is 2.55. The van der Waals surface area contributed by atoms with Gasteiger partial charge in [-0.25, -0.2) is 8.42 Å². The molecule has 0 fully saturated rings. The van der Waals surface area contributed by atoms with Gasteiger partial charge in [-0.05, 0) is 17.5 Å². The van der Waals surface area contributed by atoms with Gasteiger partial charge in [0.15, 0.2) is 0 Å². The molecule has 3 nitrogen and oxygen atoms in total. The Kier molecular flexibility index (Phi) is 2.75. The first kappa shape index (κ1) is 10.9. The highest BCUT2D eigenvalue weighted by Gasteiger charge is 2.40. The average molecular weight is 247 g/mol. The van der Waals surface area contributed by atoms with E-state index >= 15 is 0 Å². The monoisotopic (exact) mass is 246 g/mol. The van der Waals surface area contributed by atoms with E-state index < -0.39 is 20.4 Å². The summed E-state index contributed by atoms with van der Waals surface area (Å²) in [5.74, 6) is 0. The summed E-state index contributed by atoms with van der Waals surface area (Å²) < 4.78 is 27.9. The van der Waals surface area contributed by atoms with E-state index in [9.17, 15) is 8.42 Å². The summed E-state index contributed by atoms with van der Waals surface area (Å²) in [5.41, 5.74) is 1.92. The Labute approximate surface area is 93.4 Å². The van der Waals surface area contributed by atoms with Gasteiger partial charge < -0.3 is 4.74 Å². The Morgan fingerprint density at radius 3 is 2.67 bits per heavy atom. The fraction of sp³-hybridized carbons (Fsp3) is 0.400. The zero-order valence-electron chi connectivity index (χ0n) is 8.18. The molecule has 0 radical (unpaired) electrons. The molecule has 0 unspecified atom stereocenters. The number of hydrogen-bond donors (Lipinski definition) is 0. The molecular formula is C10H11ClO3S. The molecule has 1 aromatic carbocycles. The lowest BCUT2D eigenvalue weighted by Gasteiger charge is -2.15. The summed E-state index contributed by atoms with van der Waals surface area (Å²) in [6.07, 6.45) is -0.00995. The second-order valence-corrected chi connectivity index (χ2v) is 6.42. The molecule has 0 saturated carbocycles. The predicted octanol–water partition coefficient (Wildman–Crippen LogP) is 1.87. The van der Waals surface area contributed by atoms with Crippen LogP contribution in [0, 0.1) is 0 Å². The predicted molar refractivity (Wildman–Crippen MR) is 58.5 cm³/mol. The fourth-order valence-corrected chi connectivity index (χ4v) is 3.45. The Hall–Kier alpha value is -0.580. The van der Waals surface area contributed by atoms with Crippen LogP contribution in [0.5, 0.6) is 0 Å². The van der Waals surface area contributed by atoms with Gasteiger partial charge in [-0.1, -0.05) is 24.3 Å². The zero-order valence-corrected chi connectivity index (χ0v) is 9.75. The van der Waals surface area contributed by atoms with Crippen LogP contribution in [0.3, 0.4) is 0 Å². The van der Waals surface area contributed by atoms with Gasteiger partial charge in [0.1, 0.15) is 11.4 Å². The Morgan fingerprint density at radius 1 is 1.40 bits per heavy atom. The van der Waals surface area contributed by atoms with Crippen LogP contribution in [0.4, 0.5) is 0 Å². The number of halogens is 1. The normalized spacial score (nSPS) is 25.2. The van der Waals surface area contributed by atoms with Gasteiger partial charge in [-0.2, -0.15) is 0 Å². The van der Waals surface area contributed by atoms with Gasteiger partial charge in [0.05, 0.1) is 0 Å². The lowest BCUT2D eigenvalue weighted by molar-refractivity contribution is 0.108. The van der Waals surface area contributed by atoms with E-state index in [0.717, 1.165) is 11.1 Å². The molecule has 1 aliphatic carbocycles. The van der Waals surface area contributed by atoms with Crippen molar-refractivity contribution in [3.05, 3.63) is 35.4 Å². The van der Waals surface area contributed by atoms with Crippen molar-refractivity contribution in [3.8, 4) is 0 Å². The van der Waals surface area contributed by atoms with Crippen molar-refractivity contribution >= 4 is 19.7 Å². The van der Waals surface area contributed by atoms with Gasteiger partial charge in [0, 0.05) is 17.8 Å². The Balaban J connectivity index is 2.46. The van der Waals surface area contributed by atoms with Gasteiger partial charge in [0.25, 0.3) is 0 Å². The van der Waals surface area contributed by atoms with Crippen molar-refractivity contribution in [2.75, 3.05) is 7.11 Å². The number of rotatable bonds is 2. The maximum Gasteiger partial charge on any atom is 0.238 e. The molecule has 0 heterocycles. The Bertz CT molecular complexity index is 469. The lowest BCUT2D eigenvalue weighted by atomic mass is 10.1. The minimum absolute atomic E-state index is 0.431. The number of benzene rings is 1. The summed E-state index contributed by atoms with van der Waals surface area (Å²) in [4.78, 5) is 0. The third-order valence-electron chi connectivity index (χ3n) is 2.74. The van der Waals surface area contributed by atoms with Crippen LogP contribution in [0.15, 0.2) is 24.3 Å². The standard InChI is InChI=1S/C10H11ClO3S/c1-14-10-8-5-3-2-4-7(8)6-9(10)15(11,12)13/h2-5,9-10H,6H2,1H3/t9-,10-/m1/s1. The van der Waals surface area contributed by atoms with E-state index in [1.165, 1.54) is 7.11 Å². The van der Waals surface area contributed by atoms with Crippen LogP contribution in [0.2, 0.25) is 0 Å². The van der Waals surface area contributed by atoms with Crippen molar-refractivity contribution in [2.45, 2.75) is 17.8 Å². The summed E-state index contributed by atoms with van der Waals surface area (Å²) in [7, 11) is 3.31. The molecule has 82 valence electrons. The molecule has 5 heteroatoms. The largest absolute Gasteiger partial charge is 0.375 e. The molecule has 0 spiro atoms. The van der Waals surface area contributed by atoms with Crippen molar-refractivity contribution in [3.63, 3.8) is 0 Å². The van der Waals surface area contributed by atoms with Gasteiger partial charge in [-0.3, -0.25) is 0 Å². The minimum Gasteiger partial charge on any atom is -0.375 e. The van der Waals surface area contributed by atoms with E-state index in [4.69, 9.17) is 15.4 Å². The molecule has 0 aromatic heterocycles. The van der Waals surface area contributed by atoms with Crippen molar-refractivity contribution in [1.82, 2.24) is 0 Å². The molecule has 0 amide bonds. The summed E-state index contributed by atoms with van der Waals surface area (Å²) in [6, 6.07) is 7.54. The van der Waals surface area contributed by atoms with E-state index in [0.29, 0.717) is 6.42 Å². The molecule has 15 heavy (non-hydrogen) atoms. The van der Waals surface area contributed by atoms with Crippen LogP contribution >= 0.6 is 10.7 Å². The highest BCUT2D eigenvalue weighted by molar-refractivity contribution is 8.14. The van der Waals surface area contributed by atoms with Crippen LogP contribution in [-0.4, -0.2) is 20.8 Å². The Morgan fingerprint density at radius 2 is 2.07 bits per heavy atom. The van der Waals surface area contributed by atoms with Gasteiger partial charge >= 0.3 is 0 Å². The molecule has 0 aliphatic heterocycles. The third kappa shape index (κ3) is 1.89. The quantitative estimate of drug-likeness (QED) is 0.749. The summed E-state index contributed by atoms with van der Waals surface area (Å²) in [5, 5.41) is -0.665. The van der Waals surface area contributed by atoms with Crippen LogP contribution in [-0.2, 0) is 20.2 Å². The van der Waals surface area contributed by atoms with E-state index in [1.54, 1.807) is 0 Å². The van der Waals surface area contributed by atoms with Crippen molar-refractivity contribution in [1.29, 1.82) is 0 Å². The number of ether oxygens (including phenoxy) is 1.